The van der Waals surface area contributed by atoms with Gasteiger partial charge < -0.3 is 4.98 Å². The minimum atomic E-state index is -0.463. The molecule has 2 aromatic heterocycles. The number of aryl methyl sites for hydroxylation is 3. The Morgan fingerprint density at radius 1 is 1.28 bits per heavy atom. The van der Waals surface area contributed by atoms with Crippen LogP contribution in [-0.4, -0.2) is 51.2 Å². The fraction of sp³-hybridized carbons (Fsp3) is 0.435. The fourth-order valence-corrected chi connectivity index (χ4v) is 4.38. The monoisotopic (exact) mass is 436 g/mol. The van der Waals surface area contributed by atoms with Gasteiger partial charge in [0.2, 0.25) is 0 Å². The van der Waals surface area contributed by atoms with Crippen LogP contribution in [0.3, 0.4) is 0 Å². The van der Waals surface area contributed by atoms with Crippen molar-refractivity contribution in [2.45, 2.75) is 39.0 Å². The molecule has 1 aliphatic heterocycles. The number of ketones is 1. The maximum Gasteiger partial charge on any atom is 0.0809 e. The summed E-state index contributed by atoms with van der Waals surface area (Å²) in [5.74, 6) is 2.04. The predicted octanol–water partition coefficient (Wildman–Crippen LogP) is 2.49. The van der Waals surface area contributed by atoms with Crippen LogP contribution in [-0.2, 0) is 18.3 Å². The van der Waals surface area contributed by atoms with Gasteiger partial charge in [0.05, 0.1) is 10.9 Å². The Morgan fingerprint density at radius 3 is 2.72 bits per heavy atom. The molecule has 3 heterocycles. The minimum Gasteiger partial charge on any atom is -0.234 e. The van der Waals surface area contributed by atoms with E-state index in [1.54, 1.807) is 6.92 Å². The van der Waals surface area contributed by atoms with Crippen LogP contribution in [0.4, 0.5) is 4.39 Å². The molecule has 0 bridgehead atoms. The molecule has 32 heavy (non-hydrogen) atoms. The zero-order valence-electron chi connectivity index (χ0n) is 18.4. The molecule has 0 atom stereocenters. The molecule has 7 nitrogen and oxygen atoms in total. The van der Waals surface area contributed by atoms with E-state index >= 15 is 0 Å². The second-order valence-electron chi connectivity index (χ2n) is 8.57. The number of H-pyrrole nitrogens is 1. The quantitative estimate of drug-likeness (QED) is 0.602. The molecule has 0 aliphatic carbocycles. The second-order valence-corrected chi connectivity index (χ2v) is 8.57. The van der Waals surface area contributed by atoms with Gasteiger partial charge in [0.15, 0.2) is 0 Å². The van der Waals surface area contributed by atoms with Gasteiger partial charge in [0.25, 0.3) is 5.56 Å². The molecule has 1 N–H and O–H groups in total. The second kappa shape index (κ2) is 9.18. The van der Waals surface area contributed by atoms with Crippen molar-refractivity contribution in [3.8, 4) is 0 Å². The van der Waals surface area contributed by atoms with E-state index in [1.165, 1.54) is 12.1 Å². The normalized spacial score (nSPS) is 14.7. The number of carbonyl (C=O) groups is 2. The molecule has 3 aromatic rings. The molecule has 0 spiro atoms. The molecule has 0 unspecified atom stereocenters. The van der Waals surface area contributed by atoms with Crippen molar-refractivity contribution in [3.05, 3.63) is 57.4 Å². The number of nitrogens with one attached hydrogen (secondary N) is 1. The Morgan fingerprint density at radius 2 is 2.03 bits per heavy atom. The van der Waals surface area contributed by atoms with Gasteiger partial charge in [-0.15, -0.1) is 0 Å². The van der Waals surface area contributed by atoms with Gasteiger partial charge in [-0.3, -0.25) is 4.79 Å². The first-order valence-corrected chi connectivity index (χ1v) is 10.9. The molecule has 4 rings (SSSR count). The fourth-order valence-electron chi connectivity index (χ4n) is 4.38. The van der Waals surface area contributed by atoms with Crippen molar-refractivity contribution >= 4 is 29.6 Å². The third kappa shape index (κ3) is 4.71. The Balaban J connectivity index is 1.29. The first kappa shape index (κ1) is 22.1. The van der Waals surface area contributed by atoms with Crippen molar-refractivity contribution in [1.29, 1.82) is 0 Å². The smallest absolute Gasteiger partial charge is 0.0809 e. The van der Waals surface area contributed by atoms with E-state index in [2.05, 4.69) is 9.97 Å². The largest absolute Gasteiger partial charge is 0.234 e. The number of benzene rings is 1. The first-order valence-electron chi connectivity index (χ1n) is 10.9. The molecule has 1 fully saturated rings. The average Bonchev–Trinajstić information content (AvgIpc) is 3.20. The average molecular weight is 436 g/mol. The van der Waals surface area contributed by atoms with Crippen LogP contribution < -0.4 is 5.56 Å². The number of carbonyl (C=O) groups excluding carboxylic acids is 2. The third-order valence-corrected chi connectivity index (χ3v) is 6.15. The number of amides is 1. The summed E-state index contributed by atoms with van der Waals surface area (Å²) in [7, 11) is 3.76. The molecule has 1 aliphatic rings. The Kier molecular flexibility index (Phi) is 6.34. The zero-order valence-corrected chi connectivity index (χ0v) is 18.4. The first-order chi connectivity index (χ1) is 15.3. The summed E-state index contributed by atoms with van der Waals surface area (Å²) in [6, 6.07) is 2.54. The van der Waals surface area contributed by atoms with Crippen LogP contribution >= 0.6 is 0 Å². The molecule has 1 amide bonds. The van der Waals surface area contributed by atoms with Gasteiger partial charge >= 0.3 is 119 Å². The van der Waals surface area contributed by atoms with Gasteiger partial charge in [-0.1, -0.05) is 0 Å². The van der Waals surface area contributed by atoms with Crippen LogP contribution in [0.5, 0.6) is 0 Å². The molecule has 9 heteroatoms. The summed E-state index contributed by atoms with van der Waals surface area (Å²) in [5, 5.41) is 0.232. The van der Waals surface area contributed by atoms with E-state index in [1.807, 2.05) is 35.6 Å². The molecule has 0 saturated carbocycles. The standard InChI is InChI=1S/C23H26BFN4O3/c1-14-10-17(25)11-18-21(14)26-19(27-23(18)32)4-3-5-20(30)29-8-6-15(7-9-29)22(31)16-12-24-28(2)13-16/h10-13,15H,3-9H2,1-2H3,(H,26,27,32). The van der Waals surface area contributed by atoms with E-state index < -0.39 is 5.82 Å². The SMILES string of the molecule is Cc1cc(F)cc2c(=O)[nH]c(CCCC(=O)N3CCC(C(=O)c4cbn(C)c4)CC3)nc12. The number of piperidine rings is 1. The van der Waals surface area contributed by atoms with E-state index in [4.69, 9.17) is 0 Å². The number of likely N-dealkylation sites (tertiary alicyclic amines) is 1. The van der Waals surface area contributed by atoms with Crippen LogP contribution in [0, 0.1) is 18.7 Å². The Hall–Kier alpha value is -3.10. The van der Waals surface area contributed by atoms with E-state index in [0.29, 0.717) is 62.1 Å². The predicted molar refractivity (Wildman–Crippen MR) is 120 cm³/mol. The molecule has 1 saturated heterocycles. The number of hydrogen-bond acceptors (Lipinski definition) is 4. The molecule has 166 valence electrons. The molecular weight excluding hydrogens is 410 g/mol. The van der Waals surface area contributed by atoms with Gasteiger partial charge in [-0.25, -0.2) is 9.37 Å². The summed E-state index contributed by atoms with van der Waals surface area (Å²) in [4.78, 5) is 46.5. The van der Waals surface area contributed by atoms with Crippen LogP contribution in [0.2, 0.25) is 0 Å². The van der Waals surface area contributed by atoms with E-state index in [9.17, 15) is 18.8 Å². The number of nitrogens with zero attached hydrogens (tertiary/aromatic N) is 3. The van der Waals surface area contributed by atoms with E-state index in [-0.39, 0.29) is 28.6 Å². The van der Waals surface area contributed by atoms with Gasteiger partial charge in [-0.05, 0) is 24.6 Å². The number of hydrogen-bond donors (Lipinski definition) is 1. The number of Topliss-reactive ketones (excluding diaryl/α,β-unsaturated/α-hetero) is 1. The van der Waals surface area contributed by atoms with Crippen molar-refractivity contribution in [3.63, 3.8) is 0 Å². The van der Waals surface area contributed by atoms with Crippen LogP contribution in [0.25, 0.3) is 10.9 Å². The number of rotatable bonds is 6. The van der Waals surface area contributed by atoms with Crippen LogP contribution in [0.1, 0.15) is 47.4 Å². The number of aromatic nitrogens is 3. The van der Waals surface area contributed by atoms with Crippen LogP contribution in [0.15, 0.2) is 29.1 Å². The minimum absolute atomic E-state index is 0.0404. The summed E-state index contributed by atoms with van der Waals surface area (Å²) >= 11 is 0. The Labute approximate surface area is 185 Å². The number of fused-ring (bicyclic) bond motifs is 1. The maximum atomic E-state index is 13.6. The molecular formula is C23H26BFN4O3. The third-order valence-electron chi connectivity index (χ3n) is 6.15. The van der Waals surface area contributed by atoms with Gasteiger partial charge in [0.1, 0.15) is 5.82 Å². The van der Waals surface area contributed by atoms with Crippen molar-refractivity contribution in [2.24, 2.45) is 13.0 Å². The maximum absolute atomic E-state index is 13.6. The molecule has 1 aromatic carbocycles. The van der Waals surface area contributed by atoms with E-state index in [0.717, 1.165) is 5.56 Å². The number of halogens is 1. The number of aromatic amines is 1. The topological polar surface area (TPSA) is 88.1 Å². The molecule has 0 radical (unpaired) electrons. The summed E-state index contributed by atoms with van der Waals surface area (Å²) < 4.78 is 15.4. The Bertz CT molecular complexity index is 1230. The zero-order chi connectivity index (χ0) is 22.8. The van der Waals surface area contributed by atoms with Gasteiger partial charge in [-0.2, -0.15) is 0 Å². The van der Waals surface area contributed by atoms with Gasteiger partial charge in [0, 0.05) is 0 Å². The summed E-state index contributed by atoms with van der Waals surface area (Å²) in [6.45, 7) is 2.88. The van der Waals surface area contributed by atoms with Crippen molar-refractivity contribution in [1.82, 2.24) is 19.3 Å². The summed E-state index contributed by atoms with van der Waals surface area (Å²) in [5.41, 5.74) is 1.45. The van der Waals surface area contributed by atoms with Crippen molar-refractivity contribution in [2.75, 3.05) is 13.1 Å². The van der Waals surface area contributed by atoms with Crippen molar-refractivity contribution < 1.29 is 14.0 Å². The summed E-state index contributed by atoms with van der Waals surface area (Å²) in [6.07, 6.45) is 4.54.